The molecular formula is C23H5F11N4O. The van der Waals surface area contributed by atoms with Crippen LogP contribution < -0.4 is 0 Å². The van der Waals surface area contributed by atoms with Crippen molar-refractivity contribution in [3.8, 4) is 34.5 Å². The highest BCUT2D eigenvalue weighted by molar-refractivity contribution is 5.76. The number of aromatic nitrogens is 4. The van der Waals surface area contributed by atoms with Gasteiger partial charge in [-0.15, -0.1) is 0 Å². The van der Waals surface area contributed by atoms with Crippen molar-refractivity contribution in [3.05, 3.63) is 81.7 Å². The lowest BCUT2D eigenvalue weighted by Gasteiger charge is -2.12. The van der Waals surface area contributed by atoms with E-state index in [1.54, 1.807) is 0 Å². The molecule has 0 saturated carbocycles. The number of benzene rings is 3. The van der Waals surface area contributed by atoms with E-state index in [0.29, 0.717) is 19.1 Å². The maximum absolute atomic E-state index is 14.7. The Kier molecular flexibility index (Phi) is 5.99. The molecule has 0 atom stereocenters. The van der Waals surface area contributed by atoms with Crippen molar-refractivity contribution in [2.75, 3.05) is 0 Å². The molecule has 5 rings (SSSR count). The Morgan fingerprint density at radius 1 is 0.487 bits per heavy atom. The van der Waals surface area contributed by atoms with E-state index in [-0.39, 0.29) is 0 Å². The van der Waals surface area contributed by atoms with Gasteiger partial charge in [-0.1, -0.05) is 0 Å². The summed E-state index contributed by atoms with van der Waals surface area (Å²) in [6.45, 7) is 0.677. The summed E-state index contributed by atoms with van der Waals surface area (Å²) in [5.41, 5.74) is -5.44. The number of nitrogens with zero attached hydrogens (tertiary/aromatic N) is 4. The minimum Gasteiger partial charge on any atom is -0.433 e. The van der Waals surface area contributed by atoms with Crippen molar-refractivity contribution >= 4 is 11.1 Å². The summed E-state index contributed by atoms with van der Waals surface area (Å²) in [6, 6.07) is 1.05. The van der Waals surface area contributed by atoms with Gasteiger partial charge in [0.2, 0.25) is 11.6 Å². The molecule has 0 aliphatic rings. The molecule has 16 heteroatoms. The zero-order valence-corrected chi connectivity index (χ0v) is 18.5. The minimum atomic E-state index is -2.56. The van der Waals surface area contributed by atoms with Gasteiger partial charge in [-0.3, -0.25) is 0 Å². The van der Waals surface area contributed by atoms with Gasteiger partial charge in [0.25, 0.3) is 5.89 Å². The predicted molar refractivity (Wildman–Crippen MR) is 108 cm³/mol. The molecule has 39 heavy (non-hydrogen) atoms. The molecule has 200 valence electrons. The lowest BCUT2D eigenvalue weighted by molar-refractivity contribution is 0.380. The van der Waals surface area contributed by atoms with Gasteiger partial charge in [-0.25, -0.2) is 68.2 Å². The molecule has 0 radical (unpaired) electrons. The standard InChI is InChI=1S/C23H5F11N4O/c1-4-11(26)13(28)9(14(29)12(4)27)20-36-21(10-15(30)17(32)19(34)18(33)16(10)31)38-22(37-20)23-35-7-2-5(24)6(25)3-8(7)39-23/h2-3H,1H3. The fourth-order valence-corrected chi connectivity index (χ4v) is 3.45. The Bertz CT molecular complexity index is 1670. The maximum atomic E-state index is 14.7. The van der Waals surface area contributed by atoms with E-state index in [2.05, 4.69) is 19.9 Å². The zero-order valence-electron chi connectivity index (χ0n) is 18.5. The molecule has 5 nitrogen and oxygen atoms in total. The van der Waals surface area contributed by atoms with E-state index in [9.17, 15) is 48.3 Å². The third-order valence-corrected chi connectivity index (χ3v) is 5.40. The number of hydrogen-bond donors (Lipinski definition) is 0. The van der Waals surface area contributed by atoms with Gasteiger partial charge in [0.1, 0.15) is 5.52 Å². The third-order valence-electron chi connectivity index (χ3n) is 5.40. The van der Waals surface area contributed by atoms with Crippen LogP contribution in [0.15, 0.2) is 16.5 Å². The first-order valence-corrected chi connectivity index (χ1v) is 10.2. The summed E-state index contributed by atoms with van der Waals surface area (Å²) in [5.74, 6) is -28.0. The molecule has 0 saturated heterocycles. The number of hydrogen-bond acceptors (Lipinski definition) is 5. The molecular weight excluding hydrogens is 557 g/mol. The maximum Gasteiger partial charge on any atom is 0.266 e. The summed E-state index contributed by atoms with van der Waals surface area (Å²) < 4.78 is 161. The first-order valence-electron chi connectivity index (χ1n) is 10.2. The molecule has 2 heterocycles. The Morgan fingerprint density at radius 2 is 0.897 bits per heavy atom. The molecule has 0 spiro atoms. The van der Waals surface area contributed by atoms with Crippen LogP contribution >= 0.6 is 0 Å². The summed E-state index contributed by atoms with van der Waals surface area (Å²) in [7, 11) is 0. The van der Waals surface area contributed by atoms with Gasteiger partial charge in [0, 0.05) is 17.7 Å². The molecule has 5 aromatic rings. The topological polar surface area (TPSA) is 64.7 Å². The predicted octanol–water partition coefficient (Wildman–Crippen LogP) is 6.85. The molecule has 2 aromatic heterocycles. The van der Waals surface area contributed by atoms with E-state index in [1.165, 1.54) is 0 Å². The molecule has 0 aliphatic heterocycles. The van der Waals surface area contributed by atoms with Crippen LogP contribution in [0.2, 0.25) is 0 Å². The first-order chi connectivity index (χ1) is 18.3. The average Bonchev–Trinajstić information content (AvgIpc) is 3.31. The van der Waals surface area contributed by atoms with E-state index in [0.717, 1.165) is 0 Å². The van der Waals surface area contributed by atoms with Crippen LogP contribution in [0.3, 0.4) is 0 Å². The van der Waals surface area contributed by atoms with Crippen LogP contribution in [0.25, 0.3) is 45.6 Å². The van der Waals surface area contributed by atoms with Crippen molar-refractivity contribution < 1.29 is 52.7 Å². The van der Waals surface area contributed by atoms with Crippen LogP contribution in [0.5, 0.6) is 0 Å². The molecule has 3 aromatic carbocycles. The Balaban J connectivity index is 1.88. The Labute approximate surface area is 207 Å². The van der Waals surface area contributed by atoms with Gasteiger partial charge in [-0.05, 0) is 6.92 Å². The van der Waals surface area contributed by atoms with Gasteiger partial charge >= 0.3 is 0 Å². The molecule has 0 unspecified atom stereocenters. The van der Waals surface area contributed by atoms with Crippen LogP contribution in [0, 0.1) is 70.9 Å². The van der Waals surface area contributed by atoms with Crippen molar-refractivity contribution in [2.45, 2.75) is 6.92 Å². The van der Waals surface area contributed by atoms with Crippen LogP contribution in [-0.4, -0.2) is 19.9 Å². The van der Waals surface area contributed by atoms with E-state index >= 15 is 0 Å². The summed E-state index contributed by atoms with van der Waals surface area (Å²) >= 11 is 0. The van der Waals surface area contributed by atoms with E-state index < -0.39 is 115 Å². The van der Waals surface area contributed by atoms with Crippen molar-refractivity contribution in [3.63, 3.8) is 0 Å². The first kappa shape index (κ1) is 26.0. The smallest absolute Gasteiger partial charge is 0.266 e. The zero-order chi connectivity index (χ0) is 28.5. The quantitative estimate of drug-likeness (QED) is 0.137. The van der Waals surface area contributed by atoms with Gasteiger partial charge in [-0.2, -0.15) is 0 Å². The van der Waals surface area contributed by atoms with Crippen LogP contribution in [0.4, 0.5) is 48.3 Å². The fourth-order valence-electron chi connectivity index (χ4n) is 3.45. The Morgan fingerprint density at radius 3 is 1.41 bits per heavy atom. The molecule has 0 amide bonds. The molecule has 0 aliphatic carbocycles. The SMILES string of the molecule is Cc1c(F)c(F)c(-c2nc(-c3nc4cc(F)c(F)cc4o3)nc(-c3c(F)c(F)c(F)c(F)c3F)n2)c(F)c1F. The lowest BCUT2D eigenvalue weighted by atomic mass is 10.1. The summed E-state index contributed by atoms with van der Waals surface area (Å²) in [5, 5.41) is 0. The highest BCUT2D eigenvalue weighted by Crippen LogP contribution is 2.35. The largest absolute Gasteiger partial charge is 0.433 e. The second kappa shape index (κ2) is 8.99. The molecule has 0 fully saturated rings. The lowest BCUT2D eigenvalue weighted by Crippen LogP contribution is -2.10. The van der Waals surface area contributed by atoms with Crippen molar-refractivity contribution in [1.82, 2.24) is 19.9 Å². The average molecular weight is 562 g/mol. The van der Waals surface area contributed by atoms with Gasteiger partial charge < -0.3 is 4.42 Å². The Hall–Kier alpha value is -4.63. The second-order valence-corrected chi connectivity index (χ2v) is 7.76. The molecule has 0 N–H and O–H groups in total. The highest BCUT2D eigenvalue weighted by Gasteiger charge is 2.32. The molecule has 0 bridgehead atoms. The number of halogens is 11. The normalized spacial score (nSPS) is 11.6. The number of rotatable bonds is 3. The van der Waals surface area contributed by atoms with Crippen LogP contribution in [-0.2, 0) is 0 Å². The number of oxazole rings is 1. The number of fused-ring (bicyclic) bond motifs is 1. The van der Waals surface area contributed by atoms with E-state index in [1.807, 2.05) is 0 Å². The summed E-state index contributed by atoms with van der Waals surface area (Å²) in [4.78, 5) is 13.9. The monoisotopic (exact) mass is 562 g/mol. The fraction of sp³-hybridized carbons (Fsp3) is 0.0435. The van der Waals surface area contributed by atoms with E-state index in [4.69, 9.17) is 4.42 Å². The van der Waals surface area contributed by atoms with Crippen molar-refractivity contribution in [1.29, 1.82) is 0 Å². The van der Waals surface area contributed by atoms with Gasteiger partial charge in [0.15, 0.2) is 75.4 Å². The van der Waals surface area contributed by atoms with Gasteiger partial charge in [0.05, 0.1) is 11.1 Å². The minimum absolute atomic E-state index is 0.395. The van der Waals surface area contributed by atoms with Crippen molar-refractivity contribution in [2.24, 2.45) is 0 Å². The second-order valence-electron chi connectivity index (χ2n) is 7.76. The van der Waals surface area contributed by atoms with Crippen LogP contribution in [0.1, 0.15) is 5.56 Å². The highest BCUT2D eigenvalue weighted by atomic mass is 19.2. The third kappa shape index (κ3) is 3.93. The summed E-state index contributed by atoms with van der Waals surface area (Å²) in [6.07, 6.45) is 0.